The molecule has 1 aromatic rings. The zero-order valence-electron chi connectivity index (χ0n) is 11.3. The highest BCUT2D eigenvalue weighted by Crippen LogP contribution is 2.09. The van der Waals surface area contributed by atoms with Crippen LogP contribution in [0.25, 0.3) is 0 Å². The minimum atomic E-state index is -0.191. The summed E-state index contributed by atoms with van der Waals surface area (Å²) in [6.07, 6.45) is 0. The molecule has 0 aliphatic carbocycles. The first kappa shape index (κ1) is 15.2. The first-order valence-electron chi connectivity index (χ1n) is 6.24. The molecule has 4 nitrogen and oxygen atoms in total. The van der Waals surface area contributed by atoms with Crippen molar-refractivity contribution in [1.82, 2.24) is 5.32 Å². The van der Waals surface area contributed by atoms with Gasteiger partial charge in [-0.25, -0.2) is 0 Å². The van der Waals surface area contributed by atoms with Crippen LogP contribution in [0.4, 0.5) is 0 Å². The summed E-state index contributed by atoms with van der Waals surface area (Å²) in [6.45, 7) is 5.25. The molecule has 1 aromatic carbocycles. The van der Waals surface area contributed by atoms with Crippen molar-refractivity contribution in [2.24, 2.45) is 0 Å². The molecule has 0 spiro atoms. The highest BCUT2D eigenvalue weighted by atomic mass is 16.5. The second kappa shape index (κ2) is 8.30. The number of nitrogens with one attached hydrogen (secondary N) is 1. The lowest BCUT2D eigenvalue weighted by atomic mass is 10.1. The first-order chi connectivity index (χ1) is 9.17. The minimum absolute atomic E-state index is 0.143. The molecule has 0 bridgehead atoms. The maximum atomic E-state index is 11.9. The quantitative estimate of drug-likeness (QED) is 0.616. The van der Waals surface area contributed by atoms with Crippen molar-refractivity contribution in [2.45, 2.75) is 13.8 Å². The standard InChI is InChI=1S/C15H19NO3/c1-3-19-8-6-16-15(18)14-10-12(2)9-13(11-14)5-4-7-17/h9-11,17H,3,6-8H2,1-2H3,(H,16,18). The van der Waals surface area contributed by atoms with E-state index in [0.717, 1.165) is 11.1 Å². The topological polar surface area (TPSA) is 58.6 Å². The molecule has 0 saturated carbocycles. The Kier molecular flexibility index (Phi) is 6.65. The van der Waals surface area contributed by atoms with Crippen molar-refractivity contribution in [1.29, 1.82) is 0 Å². The van der Waals surface area contributed by atoms with E-state index >= 15 is 0 Å². The average Bonchev–Trinajstić information content (AvgIpc) is 2.40. The molecule has 0 radical (unpaired) electrons. The maximum absolute atomic E-state index is 11.9. The zero-order chi connectivity index (χ0) is 14.1. The molecule has 0 fully saturated rings. The van der Waals surface area contributed by atoms with Gasteiger partial charge < -0.3 is 15.2 Å². The predicted octanol–water partition coefficient (Wildman–Crippen LogP) is 1.11. The number of hydrogen-bond acceptors (Lipinski definition) is 3. The van der Waals surface area contributed by atoms with Crippen LogP contribution in [-0.2, 0) is 4.74 Å². The number of aryl methyl sites for hydroxylation is 1. The predicted molar refractivity (Wildman–Crippen MR) is 74.0 cm³/mol. The van der Waals surface area contributed by atoms with Gasteiger partial charge in [0.1, 0.15) is 6.61 Å². The molecule has 0 aromatic heterocycles. The van der Waals surface area contributed by atoms with Crippen molar-refractivity contribution in [3.8, 4) is 11.8 Å². The van der Waals surface area contributed by atoms with E-state index in [0.29, 0.717) is 25.3 Å². The molecule has 1 rings (SSSR count). The van der Waals surface area contributed by atoms with Crippen LogP contribution in [0, 0.1) is 18.8 Å². The number of amides is 1. The maximum Gasteiger partial charge on any atom is 0.251 e. The van der Waals surface area contributed by atoms with Gasteiger partial charge in [-0.1, -0.05) is 11.8 Å². The summed E-state index contributed by atoms with van der Waals surface area (Å²) >= 11 is 0. The van der Waals surface area contributed by atoms with Gasteiger partial charge in [0, 0.05) is 24.3 Å². The Balaban J connectivity index is 2.71. The molecule has 1 amide bonds. The van der Waals surface area contributed by atoms with E-state index in [-0.39, 0.29) is 12.5 Å². The number of benzene rings is 1. The number of aliphatic hydroxyl groups is 1. The summed E-state index contributed by atoms with van der Waals surface area (Å²) in [5.74, 6) is 5.23. The number of rotatable bonds is 5. The second-order valence-corrected chi connectivity index (χ2v) is 4.00. The van der Waals surface area contributed by atoms with Gasteiger partial charge >= 0.3 is 0 Å². The molecule has 102 valence electrons. The molecule has 0 aliphatic heterocycles. The fraction of sp³-hybridized carbons (Fsp3) is 0.400. The fourth-order valence-corrected chi connectivity index (χ4v) is 1.61. The lowest BCUT2D eigenvalue weighted by Gasteiger charge is -2.06. The van der Waals surface area contributed by atoms with Crippen molar-refractivity contribution < 1.29 is 14.6 Å². The Labute approximate surface area is 113 Å². The van der Waals surface area contributed by atoms with Crippen molar-refractivity contribution in [2.75, 3.05) is 26.4 Å². The third kappa shape index (κ3) is 5.56. The lowest BCUT2D eigenvalue weighted by molar-refractivity contribution is 0.0922. The number of carbonyl (C=O) groups is 1. The molecule has 19 heavy (non-hydrogen) atoms. The van der Waals surface area contributed by atoms with Crippen LogP contribution in [-0.4, -0.2) is 37.4 Å². The summed E-state index contributed by atoms with van der Waals surface area (Å²) in [5, 5.41) is 11.5. The molecule has 0 heterocycles. The van der Waals surface area contributed by atoms with Gasteiger partial charge in [0.15, 0.2) is 0 Å². The van der Waals surface area contributed by atoms with E-state index in [1.54, 1.807) is 12.1 Å². The van der Waals surface area contributed by atoms with Crippen molar-refractivity contribution in [3.63, 3.8) is 0 Å². The van der Waals surface area contributed by atoms with Gasteiger partial charge in [-0.15, -0.1) is 0 Å². The van der Waals surface area contributed by atoms with E-state index in [2.05, 4.69) is 17.2 Å². The summed E-state index contributed by atoms with van der Waals surface area (Å²) < 4.78 is 5.16. The Morgan fingerprint density at radius 3 is 2.89 bits per heavy atom. The van der Waals surface area contributed by atoms with Crippen LogP contribution in [0.5, 0.6) is 0 Å². The Hall–Kier alpha value is -1.83. The molecular weight excluding hydrogens is 242 g/mol. The molecule has 2 N–H and O–H groups in total. The largest absolute Gasteiger partial charge is 0.384 e. The Morgan fingerprint density at radius 2 is 2.21 bits per heavy atom. The van der Waals surface area contributed by atoms with E-state index in [4.69, 9.17) is 9.84 Å². The van der Waals surface area contributed by atoms with Crippen LogP contribution in [0.15, 0.2) is 18.2 Å². The van der Waals surface area contributed by atoms with Crippen molar-refractivity contribution in [3.05, 3.63) is 34.9 Å². The van der Waals surface area contributed by atoms with Gasteiger partial charge in [0.05, 0.1) is 6.61 Å². The van der Waals surface area contributed by atoms with E-state index in [9.17, 15) is 4.79 Å². The van der Waals surface area contributed by atoms with Crippen LogP contribution in [0.2, 0.25) is 0 Å². The van der Waals surface area contributed by atoms with Gasteiger partial charge in [-0.2, -0.15) is 0 Å². The highest BCUT2D eigenvalue weighted by molar-refractivity contribution is 5.94. The second-order valence-electron chi connectivity index (χ2n) is 4.00. The number of carbonyl (C=O) groups excluding carboxylic acids is 1. The number of hydrogen-bond donors (Lipinski definition) is 2. The molecule has 0 atom stereocenters. The molecular formula is C15H19NO3. The smallest absolute Gasteiger partial charge is 0.251 e. The Morgan fingerprint density at radius 1 is 1.42 bits per heavy atom. The van der Waals surface area contributed by atoms with E-state index in [1.165, 1.54) is 0 Å². The summed E-state index contributed by atoms with van der Waals surface area (Å²) in [6, 6.07) is 5.39. The SMILES string of the molecule is CCOCCNC(=O)c1cc(C)cc(C#CCO)c1. The Bertz CT molecular complexity index is 486. The zero-order valence-corrected chi connectivity index (χ0v) is 11.3. The number of ether oxygens (including phenoxy) is 1. The van der Waals surface area contributed by atoms with Crippen LogP contribution in [0.3, 0.4) is 0 Å². The normalized spacial score (nSPS) is 9.63. The van der Waals surface area contributed by atoms with Gasteiger partial charge in [-0.3, -0.25) is 4.79 Å². The molecule has 0 unspecified atom stereocenters. The van der Waals surface area contributed by atoms with Crippen molar-refractivity contribution >= 4 is 5.91 Å². The molecule has 0 aliphatic rings. The van der Waals surface area contributed by atoms with E-state index < -0.39 is 0 Å². The third-order valence-electron chi connectivity index (χ3n) is 2.39. The fourth-order valence-electron chi connectivity index (χ4n) is 1.61. The van der Waals surface area contributed by atoms with Gasteiger partial charge in [-0.05, 0) is 37.6 Å². The summed E-state index contributed by atoms with van der Waals surface area (Å²) in [7, 11) is 0. The summed E-state index contributed by atoms with van der Waals surface area (Å²) in [5.41, 5.74) is 2.25. The summed E-state index contributed by atoms with van der Waals surface area (Å²) in [4.78, 5) is 11.9. The van der Waals surface area contributed by atoms with Gasteiger partial charge in [0.2, 0.25) is 0 Å². The first-order valence-corrected chi connectivity index (χ1v) is 6.24. The molecule has 0 saturated heterocycles. The number of aliphatic hydroxyl groups excluding tert-OH is 1. The molecule has 4 heteroatoms. The monoisotopic (exact) mass is 261 g/mol. The third-order valence-corrected chi connectivity index (χ3v) is 2.39. The van der Waals surface area contributed by atoms with Crippen LogP contribution in [0.1, 0.15) is 28.4 Å². The van der Waals surface area contributed by atoms with Crippen LogP contribution < -0.4 is 5.32 Å². The van der Waals surface area contributed by atoms with Crippen LogP contribution >= 0.6 is 0 Å². The van der Waals surface area contributed by atoms with E-state index in [1.807, 2.05) is 19.9 Å². The lowest BCUT2D eigenvalue weighted by Crippen LogP contribution is -2.27. The minimum Gasteiger partial charge on any atom is -0.384 e. The highest BCUT2D eigenvalue weighted by Gasteiger charge is 2.06. The average molecular weight is 261 g/mol. The van der Waals surface area contributed by atoms with Gasteiger partial charge in [0.25, 0.3) is 5.91 Å².